The average Bonchev–Trinajstić information content (AvgIpc) is 3.22. The molecule has 6 nitrogen and oxygen atoms in total. The van der Waals surface area contributed by atoms with Gasteiger partial charge in [0.15, 0.2) is 0 Å². The van der Waals surface area contributed by atoms with Crippen LogP contribution in [-0.2, 0) is 19.1 Å². The van der Waals surface area contributed by atoms with Crippen LogP contribution in [0.4, 0.5) is 0 Å². The van der Waals surface area contributed by atoms with Gasteiger partial charge in [-0.25, -0.2) is 0 Å². The Labute approximate surface area is 228 Å². The third kappa shape index (κ3) is 3.31. The third-order valence-corrected chi connectivity index (χ3v) is 13.7. The Morgan fingerprint density at radius 1 is 1.00 bits per heavy atom. The van der Waals surface area contributed by atoms with Crippen molar-refractivity contribution in [2.75, 3.05) is 6.61 Å². The maximum atomic E-state index is 13.3. The first-order valence-corrected chi connectivity index (χ1v) is 14.8. The van der Waals surface area contributed by atoms with Gasteiger partial charge in [0, 0.05) is 18.8 Å². The Kier molecular flexibility index (Phi) is 6.34. The molecule has 0 aromatic rings. The van der Waals surface area contributed by atoms with Crippen LogP contribution in [0.25, 0.3) is 0 Å². The largest absolute Gasteiger partial charge is 0.481 e. The average molecular weight is 529 g/mol. The minimum absolute atomic E-state index is 0.00336. The van der Waals surface area contributed by atoms with Crippen molar-refractivity contribution in [1.29, 1.82) is 0 Å². The van der Waals surface area contributed by atoms with Crippen molar-refractivity contribution >= 4 is 17.7 Å². The molecule has 0 spiro atoms. The molecule has 0 amide bonds. The molecule has 11 atom stereocenters. The third-order valence-electron chi connectivity index (χ3n) is 13.7. The standard InChI is InChI=1S/C32H48O6/c1-18(2)20-10-15-32(27(36)37)16-25(35)31(7)21(26(20)32)8-9-23-28(4)13-12-24(34)29(5,17-38-19(3)33)22(28)11-14-30(23,31)6/h20-23,25-26,35H,1,8-17H2,2-7H3,(H,36,37)/t20-,21+,22+,23+,25-,26+,28-,29-,30+,31-,32-/m0/s1. The molecule has 38 heavy (non-hydrogen) atoms. The van der Waals surface area contributed by atoms with Crippen LogP contribution in [0.1, 0.15) is 99.3 Å². The number of carbonyl (C=O) groups is 3. The molecule has 5 rings (SSSR count). The summed E-state index contributed by atoms with van der Waals surface area (Å²) in [6.07, 6.45) is 5.99. The number of fused-ring (bicyclic) bond motifs is 7. The fourth-order valence-corrected chi connectivity index (χ4v) is 11.6. The van der Waals surface area contributed by atoms with Crippen molar-refractivity contribution < 1.29 is 29.3 Å². The molecule has 0 aromatic heterocycles. The van der Waals surface area contributed by atoms with Crippen LogP contribution in [0.15, 0.2) is 12.2 Å². The summed E-state index contributed by atoms with van der Waals surface area (Å²) >= 11 is 0. The highest BCUT2D eigenvalue weighted by molar-refractivity contribution is 5.86. The van der Waals surface area contributed by atoms with Gasteiger partial charge < -0.3 is 14.9 Å². The molecule has 5 fully saturated rings. The Morgan fingerprint density at radius 2 is 1.68 bits per heavy atom. The first-order valence-electron chi connectivity index (χ1n) is 14.8. The molecule has 5 aliphatic rings. The SMILES string of the molecule is C=C(C)[C@@H]1CC[C@]2(C(=O)O)C[C@H](O)[C@]3(C)[C@H](CC[C@@H]4[C@@]5(C)CCC(=O)[C@@](C)(COC(C)=O)[C@@H]5CC[C@]43C)[C@@H]12. The summed E-state index contributed by atoms with van der Waals surface area (Å²) in [6.45, 7) is 16.9. The summed E-state index contributed by atoms with van der Waals surface area (Å²) < 4.78 is 5.48. The molecule has 5 aliphatic carbocycles. The lowest BCUT2D eigenvalue weighted by Crippen LogP contribution is -2.70. The topological polar surface area (TPSA) is 101 Å². The van der Waals surface area contributed by atoms with Gasteiger partial charge in [-0.1, -0.05) is 32.9 Å². The van der Waals surface area contributed by atoms with Crippen molar-refractivity contribution in [3.05, 3.63) is 12.2 Å². The Morgan fingerprint density at radius 3 is 2.29 bits per heavy atom. The second-order valence-electron chi connectivity index (χ2n) is 14.9. The van der Waals surface area contributed by atoms with E-state index in [0.717, 1.165) is 44.1 Å². The van der Waals surface area contributed by atoms with E-state index in [1.54, 1.807) is 0 Å². The van der Waals surface area contributed by atoms with Gasteiger partial charge >= 0.3 is 11.9 Å². The van der Waals surface area contributed by atoms with Crippen LogP contribution in [0.2, 0.25) is 0 Å². The zero-order chi connectivity index (χ0) is 28.1. The number of rotatable bonds is 4. The number of carboxylic acid groups (broad SMARTS) is 1. The smallest absolute Gasteiger partial charge is 0.310 e. The number of carbonyl (C=O) groups excluding carboxylic acids is 2. The summed E-state index contributed by atoms with van der Waals surface area (Å²) in [5.41, 5.74) is -1.22. The molecule has 0 aliphatic heterocycles. The molecule has 212 valence electrons. The molecular formula is C32H48O6. The molecule has 0 heterocycles. The molecule has 2 N–H and O–H groups in total. The van der Waals surface area contributed by atoms with Crippen molar-refractivity contribution in [2.45, 2.75) is 105 Å². The molecule has 5 saturated carbocycles. The van der Waals surface area contributed by atoms with E-state index in [0.29, 0.717) is 25.2 Å². The maximum Gasteiger partial charge on any atom is 0.310 e. The molecule has 0 unspecified atom stereocenters. The molecule has 6 heteroatoms. The van der Waals surface area contributed by atoms with E-state index in [9.17, 15) is 24.6 Å². The normalized spacial score (nSPS) is 51.7. The van der Waals surface area contributed by atoms with E-state index < -0.39 is 28.3 Å². The fourth-order valence-electron chi connectivity index (χ4n) is 11.6. The summed E-state index contributed by atoms with van der Waals surface area (Å²) in [5, 5.41) is 22.6. The van der Waals surface area contributed by atoms with E-state index in [1.807, 2.05) is 13.8 Å². The number of hydrogen-bond donors (Lipinski definition) is 2. The number of Topliss-reactive ketones (excluding diaryl/α,β-unsaturated/α-hetero) is 1. The fraction of sp³-hybridized carbons (Fsp3) is 0.844. The maximum absolute atomic E-state index is 13.3. The molecular weight excluding hydrogens is 480 g/mol. The van der Waals surface area contributed by atoms with E-state index >= 15 is 0 Å². The van der Waals surface area contributed by atoms with Gasteiger partial charge in [0.25, 0.3) is 0 Å². The summed E-state index contributed by atoms with van der Waals surface area (Å²) in [5.74, 6) is -0.197. The van der Waals surface area contributed by atoms with Gasteiger partial charge in [0.1, 0.15) is 12.4 Å². The van der Waals surface area contributed by atoms with E-state index in [2.05, 4.69) is 27.4 Å². The summed E-state index contributed by atoms with van der Waals surface area (Å²) in [4.78, 5) is 37.9. The second-order valence-corrected chi connectivity index (χ2v) is 14.9. The summed E-state index contributed by atoms with van der Waals surface area (Å²) in [6, 6.07) is 0. The summed E-state index contributed by atoms with van der Waals surface area (Å²) in [7, 11) is 0. The lowest BCUT2D eigenvalue weighted by Gasteiger charge is -2.73. The number of esters is 1. The monoisotopic (exact) mass is 528 g/mol. The highest BCUT2D eigenvalue weighted by Crippen LogP contribution is 2.77. The number of hydrogen-bond acceptors (Lipinski definition) is 5. The number of aliphatic hydroxyl groups excluding tert-OH is 1. The quantitative estimate of drug-likeness (QED) is 0.353. The number of aliphatic hydroxyl groups is 1. The number of allylic oxidation sites excluding steroid dienone is 1. The minimum atomic E-state index is -0.878. The van der Waals surface area contributed by atoms with Crippen molar-refractivity contribution in [1.82, 2.24) is 0 Å². The highest BCUT2D eigenvalue weighted by atomic mass is 16.5. The van der Waals surface area contributed by atoms with Crippen LogP contribution in [-0.4, -0.2) is 40.6 Å². The zero-order valence-corrected chi connectivity index (χ0v) is 24.3. The van der Waals surface area contributed by atoms with Crippen LogP contribution in [0, 0.1) is 56.7 Å². The van der Waals surface area contributed by atoms with E-state index in [1.165, 1.54) is 6.92 Å². The van der Waals surface area contributed by atoms with Gasteiger partial charge in [-0.05, 0) is 106 Å². The number of aliphatic carboxylic acids is 1. The Bertz CT molecular complexity index is 1070. The number of carboxylic acids is 1. The van der Waals surface area contributed by atoms with Crippen molar-refractivity contribution in [3.63, 3.8) is 0 Å². The Balaban J connectivity index is 1.57. The predicted molar refractivity (Wildman–Crippen MR) is 144 cm³/mol. The van der Waals surface area contributed by atoms with Gasteiger partial charge in [-0.3, -0.25) is 14.4 Å². The van der Waals surface area contributed by atoms with Crippen molar-refractivity contribution in [2.24, 2.45) is 56.7 Å². The lowest BCUT2D eigenvalue weighted by atomic mass is 9.31. The first-order chi connectivity index (χ1) is 17.6. The van der Waals surface area contributed by atoms with Crippen LogP contribution in [0.3, 0.4) is 0 Å². The van der Waals surface area contributed by atoms with Crippen LogP contribution >= 0.6 is 0 Å². The number of ketones is 1. The van der Waals surface area contributed by atoms with Gasteiger partial charge in [-0.15, -0.1) is 0 Å². The predicted octanol–water partition coefficient (Wildman–Crippen LogP) is 5.81. The molecule has 0 aromatic carbocycles. The number of ether oxygens (including phenoxy) is 1. The van der Waals surface area contributed by atoms with E-state index in [-0.39, 0.29) is 52.9 Å². The van der Waals surface area contributed by atoms with Crippen LogP contribution < -0.4 is 0 Å². The Hall–Kier alpha value is -1.69. The van der Waals surface area contributed by atoms with Gasteiger partial charge in [0.2, 0.25) is 0 Å². The molecule has 0 saturated heterocycles. The first kappa shape index (κ1) is 27.9. The second kappa shape index (κ2) is 8.65. The highest BCUT2D eigenvalue weighted by Gasteiger charge is 2.74. The van der Waals surface area contributed by atoms with Crippen LogP contribution in [0.5, 0.6) is 0 Å². The van der Waals surface area contributed by atoms with Crippen molar-refractivity contribution in [3.8, 4) is 0 Å². The molecule has 0 radical (unpaired) electrons. The van der Waals surface area contributed by atoms with E-state index in [4.69, 9.17) is 4.74 Å². The minimum Gasteiger partial charge on any atom is -0.481 e. The molecule has 0 bridgehead atoms. The lowest BCUT2D eigenvalue weighted by molar-refractivity contribution is -0.269. The zero-order valence-electron chi connectivity index (χ0n) is 24.3. The van der Waals surface area contributed by atoms with Gasteiger partial charge in [0.05, 0.1) is 16.9 Å². The van der Waals surface area contributed by atoms with Gasteiger partial charge in [-0.2, -0.15) is 0 Å².